The number of aromatic nitrogens is 1. The average molecular weight is 451 g/mol. The molecular weight excluding hydrogens is 433 g/mol. The molecule has 2 aromatic carbocycles. The van der Waals surface area contributed by atoms with Gasteiger partial charge in [0.05, 0.1) is 35.3 Å². The first-order valence-corrected chi connectivity index (χ1v) is 9.27. The Bertz CT molecular complexity index is 1180. The number of rotatable bonds is 5. The number of aryl methyl sites for hydroxylation is 2. The molecule has 0 aliphatic carbocycles. The molecule has 10 heteroatoms. The summed E-state index contributed by atoms with van der Waals surface area (Å²) >= 11 is 0. The number of carbonyl (C=O) groups excluding carboxylic acids is 1. The fourth-order valence-electron chi connectivity index (χ4n) is 3.00. The highest BCUT2D eigenvalue weighted by molar-refractivity contribution is 6.09. The van der Waals surface area contributed by atoms with E-state index in [1.54, 1.807) is 13.8 Å². The molecule has 168 valence electrons. The van der Waals surface area contributed by atoms with E-state index in [9.17, 15) is 26.7 Å². The van der Waals surface area contributed by atoms with Crippen LogP contribution in [0.5, 0.6) is 5.88 Å². The van der Waals surface area contributed by atoms with Crippen molar-refractivity contribution in [3.63, 3.8) is 0 Å². The number of hydrogen-bond acceptors (Lipinski definition) is 4. The van der Waals surface area contributed by atoms with E-state index in [2.05, 4.69) is 15.6 Å². The lowest BCUT2D eigenvalue weighted by Crippen LogP contribution is -2.20. The van der Waals surface area contributed by atoms with Crippen molar-refractivity contribution in [1.82, 2.24) is 4.98 Å². The molecule has 3 rings (SSSR count). The fraction of sp³-hybridized carbons (Fsp3) is 0.182. The van der Waals surface area contributed by atoms with E-state index in [1.807, 2.05) is 0 Å². The van der Waals surface area contributed by atoms with Crippen molar-refractivity contribution >= 4 is 23.0 Å². The molecule has 32 heavy (non-hydrogen) atoms. The molecule has 1 heterocycles. The predicted molar refractivity (Wildman–Crippen MR) is 109 cm³/mol. The Balaban J connectivity index is 2.07. The normalized spacial score (nSPS) is 11.2. The summed E-state index contributed by atoms with van der Waals surface area (Å²) in [6, 6.07) is 8.00. The van der Waals surface area contributed by atoms with Gasteiger partial charge in [-0.25, -0.2) is 13.8 Å². The minimum Gasteiger partial charge on any atom is -0.481 e. The van der Waals surface area contributed by atoms with E-state index in [0.29, 0.717) is 23.0 Å². The second-order valence-corrected chi connectivity index (χ2v) is 6.87. The molecule has 0 saturated carbocycles. The first-order valence-electron chi connectivity index (χ1n) is 9.27. The van der Waals surface area contributed by atoms with E-state index >= 15 is 0 Å². The molecule has 0 fully saturated rings. The van der Waals surface area contributed by atoms with E-state index in [1.165, 1.54) is 31.4 Å². The van der Waals surface area contributed by atoms with Gasteiger partial charge in [0.15, 0.2) is 0 Å². The Kier molecular flexibility index (Phi) is 6.33. The topological polar surface area (TPSA) is 63.2 Å². The van der Waals surface area contributed by atoms with Gasteiger partial charge in [-0.15, -0.1) is 0 Å². The number of nitrogens with zero attached hydrogens (tertiary/aromatic N) is 1. The quantitative estimate of drug-likeness (QED) is 0.467. The molecule has 0 bridgehead atoms. The molecule has 0 saturated heterocycles. The number of nitrogens with one attached hydrogen (secondary N) is 2. The molecule has 1 amide bonds. The molecule has 0 aliphatic heterocycles. The number of ether oxygens (including phenoxy) is 1. The highest BCUT2D eigenvalue weighted by Gasteiger charge is 2.37. The van der Waals surface area contributed by atoms with Crippen LogP contribution in [0.1, 0.15) is 27.2 Å². The molecule has 2 N–H and O–H groups in total. The van der Waals surface area contributed by atoms with Crippen molar-refractivity contribution < 1.29 is 31.5 Å². The van der Waals surface area contributed by atoms with Crippen LogP contribution in [0.2, 0.25) is 0 Å². The van der Waals surface area contributed by atoms with E-state index in [0.717, 1.165) is 12.1 Å². The van der Waals surface area contributed by atoms with Crippen molar-refractivity contribution in [3.8, 4) is 5.88 Å². The third kappa shape index (κ3) is 4.79. The van der Waals surface area contributed by atoms with Gasteiger partial charge in [0.2, 0.25) is 5.88 Å². The average Bonchev–Trinajstić information content (AvgIpc) is 2.70. The summed E-state index contributed by atoms with van der Waals surface area (Å²) in [5.74, 6) is -3.11. The van der Waals surface area contributed by atoms with Crippen LogP contribution in [0.4, 0.5) is 39.0 Å². The van der Waals surface area contributed by atoms with Gasteiger partial charge in [-0.2, -0.15) is 13.2 Å². The van der Waals surface area contributed by atoms with Gasteiger partial charge < -0.3 is 15.4 Å². The lowest BCUT2D eigenvalue weighted by Gasteiger charge is -2.18. The summed E-state index contributed by atoms with van der Waals surface area (Å²) in [5, 5.41) is 5.10. The number of hydrogen-bond donors (Lipinski definition) is 2. The Labute approximate surface area is 180 Å². The number of anilines is 3. The number of amides is 1. The van der Waals surface area contributed by atoms with Crippen molar-refractivity contribution in [1.29, 1.82) is 0 Å². The molecule has 0 radical (unpaired) electrons. The second-order valence-electron chi connectivity index (χ2n) is 6.87. The summed E-state index contributed by atoms with van der Waals surface area (Å²) < 4.78 is 73.1. The maximum Gasteiger partial charge on any atom is 0.419 e. The highest BCUT2D eigenvalue weighted by atomic mass is 19.4. The minimum atomic E-state index is -5.01. The molecule has 3 aromatic rings. The molecular formula is C22H18F5N3O2. The number of pyridine rings is 1. The van der Waals surface area contributed by atoms with E-state index in [4.69, 9.17) is 4.74 Å². The summed E-state index contributed by atoms with van der Waals surface area (Å²) in [7, 11) is 1.40. The zero-order valence-electron chi connectivity index (χ0n) is 17.2. The molecule has 0 unspecified atom stereocenters. The van der Waals surface area contributed by atoms with Gasteiger partial charge >= 0.3 is 6.18 Å². The molecule has 0 aliphatic rings. The van der Waals surface area contributed by atoms with Gasteiger partial charge in [-0.3, -0.25) is 4.79 Å². The van der Waals surface area contributed by atoms with Crippen molar-refractivity contribution in [2.75, 3.05) is 17.7 Å². The predicted octanol–water partition coefficient (Wildman–Crippen LogP) is 6.00. The van der Waals surface area contributed by atoms with Gasteiger partial charge in [-0.05, 0) is 55.8 Å². The van der Waals surface area contributed by atoms with Gasteiger partial charge in [0.25, 0.3) is 5.91 Å². The van der Waals surface area contributed by atoms with E-state index in [-0.39, 0.29) is 17.3 Å². The van der Waals surface area contributed by atoms with Crippen LogP contribution in [0.3, 0.4) is 0 Å². The Morgan fingerprint density at radius 3 is 2.22 bits per heavy atom. The molecule has 0 spiro atoms. The Hall–Kier alpha value is -3.69. The van der Waals surface area contributed by atoms with Crippen LogP contribution in [0.15, 0.2) is 42.5 Å². The number of benzene rings is 2. The summed E-state index contributed by atoms with van der Waals surface area (Å²) in [6.07, 6.45) is -5.01. The molecule has 0 atom stereocenters. The first-order chi connectivity index (χ1) is 15.0. The largest absolute Gasteiger partial charge is 0.481 e. The van der Waals surface area contributed by atoms with Crippen LogP contribution in [-0.2, 0) is 6.18 Å². The third-order valence-corrected chi connectivity index (χ3v) is 4.65. The molecule has 5 nitrogen and oxygen atoms in total. The van der Waals surface area contributed by atoms with Crippen molar-refractivity contribution in [2.45, 2.75) is 20.0 Å². The first kappa shape index (κ1) is 23.0. The Morgan fingerprint density at radius 1 is 0.969 bits per heavy atom. The second kappa shape index (κ2) is 8.81. The van der Waals surface area contributed by atoms with Crippen LogP contribution in [0, 0.1) is 25.5 Å². The molecule has 1 aromatic heterocycles. The van der Waals surface area contributed by atoms with E-state index < -0.39 is 34.8 Å². The number of halogens is 5. The minimum absolute atomic E-state index is 0.163. The van der Waals surface area contributed by atoms with Crippen LogP contribution < -0.4 is 15.4 Å². The van der Waals surface area contributed by atoms with Crippen molar-refractivity contribution in [3.05, 3.63) is 76.5 Å². The highest BCUT2D eigenvalue weighted by Crippen LogP contribution is 2.36. The van der Waals surface area contributed by atoms with Crippen LogP contribution >= 0.6 is 0 Å². The van der Waals surface area contributed by atoms with Gasteiger partial charge in [-0.1, -0.05) is 0 Å². The smallest absolute Gasteiger partial charge is 0.419 e. The standard InChI is InChI=1S/C22H18F5N3O2/c1-11-10-13(23)4-6-15(11)29-17-7-5-14(22(25,26)27)20(24)19(17)21(31)30-16-8-9-18(32-3)28-12(16)2/h4-10,29H,1-3H3,(H,30,31). The number of carbonyl (C=O) groups is 1. The monoisotopic (exact) mass is 451 g/mol. The van der Waals surface area contributed by atoms with Gasteiger partial charge in [0.1, 0.15) is 11.6 Å². The summed E-state index contributed by atoms with van der Waals surface area (Å²) in [4.78, 5) is 17.0. The van der Waals surface area contributed by atoms with Crippen LogP contribution in [-0.4, -0.2) is 18.0 Å². The van der Waals surface area contributed by atoms with Gasteiger partial charge in [0, 0.05) is 11.8 Å². The lowest BCUT2D eigenvalue weighted by atomic mass is 10.0. The zero-order valence-corrected chi connectivity index (χ0v) is 17.2. The number of alkyl halides is 3. The number of methoxy groups -OCH3 is 1. The third-order valence-electron chi connectivity index (χ3n) is 4.65. The SMILES string of the molecule is COc1ccc(NC(=O)c2c(Nc3ccc(F)cc3C)ccc(C(F)(F)F)c2F)c(C)n1. The van der Waals surface area contributed by atoms with Crippen molar-refractivity contribution in [2.24, 2.45) is 0 Å². The Morgan fingerprint density at radius 2 is 1.62 bits per heavy atom. The maximum atomic E-state index is 15.0. The maximum absolute atomic E-state index is 15.0. The van der Waals surface area contributed by atoms with Crippen LogP contribution in [0.25, 0.3) is 0 Å². The summed E-state index contributed by atoms with van der Waals surface area (Å²) in [6.45, 7) is 3.10. The fourth-order valence-corrected chi connectivity index (χ4v) is 3.00. The zero-order chi connectivity index (χ0) is 23.6. The summed E-state index contributed by atoms with van der Waals surface area (Å²) in [5.41, 5.74) is -1.48. The lowest BCUT2D eigenvalue weighted by molar-refractivity contribution is -0.140.